The minimum atomic E-state index is -0.297. The molecule has 11 rings (SSSR count). The number of aromatic nitrogens is 3. The maximum absolute atomic E-state index is 5.78. The molecule has 0 unspecified atom stereocenters. The van der Waals surface area contributed by atoms with Crippen LogP contribution in [0.15, 0.2) is 133 Å². The van der Waals surface area contributed by atoms with E-state index in [1.807, 2.05) is 0 Å². The van der Waals surface area contributed by atoms with Gasteiger partial charge in [0.25, 0.3) is 0 Å². The van der Waals surface area contributed by atoms with Crippen molar-refractivity contribution in [2.45, 2.75) is 32.1 Å². The second kappa shape index (κ2) is 9.99. The number of rotatable bonds is 2. The monoisotopic (exact) mass is 639 g/mol. The van der Waals surface area contributed by atoms with E-state index in [-0.39, 0.29) is 5.41 Å². The summed E-state index contributed by atoms with van der Waals surface area (Å²) in [4.78, 5) is 11.5. The van der Waals surface area contributed by atoms with Crippen LogP contribution in [0.5, 0.6) is 0 Å². The summed E-state index contributed by atoms with van der Waals surface area (Å²) in [5, 5.41) is 9.87. The van der Waals surface area contributed by atoms with E-state index in [0.29, 0.717) is 0 Å². The first-order chi connectivity index (χ1) is 24.5. The van der Waals surface area contributed by atoms with Gasteiger partial charge in [0, 0.05) is 32.7 Å². The predicted molar refractivity (Wildman–Crippen MR) is 209 cm³/mol. The molecule has 3 nitrogen and oxygen atoms in total. The van der Waals surface area contributed by atoms with Crippen molar-refractivity contribution in [1.82, 2.24) is 14.5 Å². The van der Waals surface area contributed by atoms with Crippen molar-refractivity contribution in [3.8, 4) is 28.3 Å². The van der Waals surface area contributed by atoms with E-state index in [4.69, 9.17) is 9.97 Å². The Morgan fingerprint density at radius 3 is 2.24 bits per heavy atom. The highest BCUT2D eigenvalue weighted by Crippen LogP contribution is 2.49. The summed E-state index contributed by atoms with van der Waals surface area (Å²) >= 11 is 0. The van der Waals surface area contributed by atoms with Crippen LogP contribution in [0, 0.1) is 0 Å². The lowest BCUT2D eigenvalue weighted by Crippen LogP contribution is -2.18. The summed E-state index contributed by atoms with van der Waals surface area (Å²) in [7, 11) is 0. The minimum absolute atomic E-state index is 0.297. The number of aryl methyl sites for hydroxylation is 1. The molecule has 50 heavy (non-hydrogen) atoms. The highest BCUT2D eigenvalue weighted by Gasteiger charge is 2.39. The third kappa shape index (κ3) is 3.75. The molecule has 0 spiro atoms. The van der Waals surface area contributed by atoms with E-state index in [1.165, 1.54) is 70.9 Å². The molecule has 2 aliphatic rings. The van der Waals surface area contributed by atoms with E-state index >= 15 is 0 Å². The molecule has 236 valence electrons. The van der Waals surface area contributed by atoms with Gasteiger partial charge < -0.3 is 0 Å². The van der Waals surface area contributed by atoms with Crippen LogP contribution < -0.4 is 0 Å². The number of hydrogen-bond acceptors (Lipinski definition) is 2. The summed E-state index contributed by atoms with van der Waals surface area (Å²) in [6, 6.07) is 46.8. The van der Waals surface area contributed by atoms with Crippen molar-refractivity contribution < 1.29 is 0 Å². The van der Waals surface area contributed by atoms with Gasteiger partial charge in [-0.1, -0.05) is 135 Å². The molecule has 0 fully saturated rings. The first-order valence-corrected chi connectivity index (χ1v) is 17.6. The van der Waals surface area contributed by atoms with Crippen molar-refractivity contribution in [2.24, 2.45) is 0 Å². The Bertz CT molecular complexity index is 2960. The summed E-state index contributed by atoms with van der Waals surface area (Å²) < 4.78 is 2.43. The third-order valence-corrected chi connectivity index (χ3v) is 11.4. The van der Waals surface area contributed by atoms with Crippen LogP contribution in [-0.2, 0) is 11.8 Å². The molecule has 3 heteroatoms. The van der Waals surface area contributed by atoms with Gasteiger partial charge >= 0.3 is 0 Å². The second-order valence-corrected chi connectivity index (χ2v) is 14.5. The van der Waals surface area contributed by atoms with Gasteiger partial charge in [0.15, 0.2) is 5.82 Å². The number of fused-ring (bicyclic) bond motifs is 12. The lowest BCUT2D eigenvalue weighted by Gasteiger charge is -2.22. The molecule has 2 aromatic heterocycles. The van der Waals surface area contributed by atoms with Crippen molar-refractivity contribution in [2.75, 3.05) is 0 Å². The van der Waals surface area contributed by atoms with Crippen molar-refractivity contribution in [3.05, 3.63) is 156 Å². The van der Waals surface area contributed by atoms with E-state index in [9.17, 15) is 0 Å². The zero-order valence-corrected chi connectivity index (χ0v) is 28.0. The van der Waals surface area contributed by atoms with Gasteiger partial charge in [-0.3, -0.25) is 4.57 Å². The molecule has 0 bridgehead atoms. The normalized spacial score (nSPS) is 14.5. The van der Waals surface area contributed by atoms with Gasteiger partial charge in [-0.25, -0.2) is 9.97 Å². The summed E-state index contributed by atoms with van der Waals surface area (Å²) in [6.07, 6.45) is 6.67. The average Bonchev–Trinajstić information content (AvgIpc) is 3.60. The van der Waals surface area contributed by atoms with Gasteiger partial charge in [-0.05, 0) is 74.7 Å². The Morgan fingerprint density at radius 2 is 1.34 bits per heavy atom. The summed E-state index contributed by atoms with van der Waals surface area (Å²) in [6.45, 7) is 4.58. The van der Waals surface area contributed by atoms with Crippen LogP contribution in [0.3, 0.4) is 0 Å². The maximum Gasteiger partial charge on any atom is 0.164 e. The molecule has 0 N–H and O–H groups in total. The van der Waals surface area contributed by atoms with Crippen molar-refractivity contribution >= 4 is 60.2 Å². The van der Waals surface area contributed by atoms with Crippen LogP contribution in [0.4, 0.5) is 0 Å². The molecule has 0 saturated heterocycles. The minimum Gasteiger partial charge on any atom is -0.291 e. The van der Waals surface area contributed by atoms with Crippen LogP contribution in [0.2, 0.25) is 0 Å². The lowest BCUT2D eigenvalue weighted by atomic mass is 9.85. The van der Waals surface area contributed by atoms with Crippen molar-refractivity contribution in [3.63, 3.8) is 0 Å². The molecule has 9 aromatic rings. The average molecular weight is 640 g/mol. The Morgan fingerprint density at radius 1 is 0.600 bits per heavy atom. The van der Waals surface area contributed by atoms with Gasteiger partial charge in [-0.2, -0.15) is 0 Å². The Labute approximate surface area is 290 Å². The number of hydrogen-bond donors (Lipinski definition) is 0. The molecular weight excluding hydrogens is 607 g/mol. The number of benzene rings is 7. The van der Waals surface area contributed by atoms with Crippen molar-refractivity contribution in [1.29, 1.82) is 0 Å². The first kappa shape index (κ1) is 27.8. The molecule has 2 heterocycles. The Balaban J connectivity index is 1.32. The standard InChI is InChI=1S/C47H33N3/c1-47(2)40-18-10-9-17-37(40)43-45(47)49-46(42(48-43)33-22-21-30-20-19-28-11-5-7-15-34(28)38(30)26-33)50-41-27-32-14-4-3-13-31(32)25-39(41)36-24-23-29-12-6-8-16-35(29)44(36)50/h3-6,8-14,16-27H,7,15H2,1-2H3. The highest BCUT2D eigenvalue weighted by molar-refractivity contribution is 6.21. The number of nitrogens with zero attached hydrogens (tertiary/aromatic N) is 3. The molecule has 0 atom stereocenters. The fourth-order valence-electron chi connectivity index (χ4n) is 8.86. The Kier molecular flexibility index (Phi) is 5.57. The van der Waals surface area contributed by atoms with Crippen LogP contribution in [-0.4, -0.2) is 14.5 Å². The zero-order valence-electron chi connectivity index (χ0n) is 28.0. The fraction of sp³-hybridized carbons (Fsp3) is 0.106. The molecular formula is C47H33N3. The summed E-state index contributed by atoms with van der Waals surface area (Å²) in [5.74, 6) is 0.875. The van der Waals surface area contributed by atoms with Gasteiger partial charge in [0.1, 0.15) is 5.69 Å². The molecule has 0 saturated carbocycles. The van der Waals surface area contributed by atoms with E-state index in [2.05, 4.69) is 158 Å². The number of allylic oxidation sites excluding steroid dienone is 1. The van der Waals surface area contributed by atoms with E-state index in [1.54, 1.807) is 0 Å². The second-order valence-electron chi connectivity index (χ2n) is 14.5. The largest absolute Gasteiger partial charge is 0.291 e. The van der Waals surface area contributed by atoms with Gasteiger partial charge in [0.2, 0.25) is 0 Å². The fourth-order valence-corrected chi connectivity index (χ4v) is 8.86. The highest BCUT2D eigenvalue weighted by atomic mass is 15.1. The lowest BCUT2D eigenvalue weighted by molar-refractivity contribution is 0.633. The topological polar surface area (TPSA) is 30.7 Å². The van der Waals surface area contributed by atoms with Crippen LogP contribution in [0.1, 0.15) is 42.7 Å². The van der Waals surface area contributed by atoms with E-state index < -0.39 is 0 Å². The summed E-state index contributed by atoms with van der Waals surface area (Å²) in [5.41, 5.74) is 11.2. The van der Waals surface area contributed by atoms with Gasteiger partial charge in [-0.15, -0.1) is 0 Å². The van der Waals surface area contributed by atoms with Crippen LogP contribution in [0.25, 0.3) is 88.5 Å². The molecule has 0 aliphatic heterocycles. The van der Waals surface area contributed by atoms with Crippen LogP contribution >= 0.6 is 0 Å². The predicted octanol–water partition coefficient (Wildman–Crippen LogP) is 12.0. The quantitative estimate of drug-likeness (QED) is 0.188. The maximum atomic E-state index is 5.78. The van der Waals surface area contributed by atoms with Gasteiger partial charge in [0.05, 0.1) is 22.4 Å². The smallest absolute Gasteiger partial charge is 0.164 e. The molecule has 7 aromatic carbocycles. The molecule has 2 aliphatic carbocycles. The zero-order chi connectivity index (χ0) is 33.1. The molecule has 0 radical (unpaired) electrons. The SMILES string of the molecule is CC1(C)c2ccccc2-c2nc(-c3ccc4ccc5c(c4c3)CCC=C5)c(-n3c4cc5ccccc5cc4c4ccc5ccccc5c43)nc21. The van der Waals surface area contributed by atoms with E-state index in [0.717, 1.165) is 46.8 Å². The molecule has 0 amide bonds. The third-order valence-electron chi connectivity index (χ3n) is 11.4. The Hall–Kier alpha value is -6.06. The first-order valence-electron chi connectivity index (χ1n) is 17.6.